The van der Waals surface area contributed by atoms with Gasteiger partial charge in [0.05, 0.1) is 14.2 Å². The van der Waals surface area contributed by atoms with Gasteiger partial charge in [-0.15, -0.1) is 0 Å². The molecule has 3 nitrogen and oxygen atoms in total. The molecule has 106 valence electrons. The minimum absolute atomic E-state index is 0.133. The van der Waals surface area contributed by atoms with E-state index in [1.54, 1.807) is 7.11 Å². The van der Waals surface area contributed by atoms with E-state index in [1.807, 2.05) is 0 Å². The first-order valence-corrected chi connectivity index (χ1v) is 6.68. The van der Waals surface area contributed by atoms with Crippen molar-refractivity contribution in [1.82, 2.24) is 0 Å². The highest BCUT2D eigenvalue weighted by Crippen LogP contribution is 2.31. The van der Waals surface area contributed by atoms with Gasteiger partial charge in [-0.3, -0.25) is 4.79 Å². The second-order valence-corrected chi connectivity index (χ2v) is 5.34. The van der Waals surface area contributed by atoms with Crippen LogP contribution in [0, 0.1) is 0 Å². The zero-order valence-corrected chi connectivity index (χ0v) is 12.6. The number of aryl methyl sites for hydroxylation is 1. The van der Waals surface area contributed by atoms with E-state index in [1.165, 1.54) is 12.7 Å². The predicted molar refractivity (Wildman–Crippen MR) is 76.6 cm³/mol. The molecule has 0 bridgehead atoms. The molecule has 0 radical (unpaired) electrons. The molecule has 0 N–H and O–H groups in total. The highest BCUT2D eigenvalue weighted by molar-refractivity contribution is 5.69. The molecule has 3 heteroatoms. The summed E-state index contributed by atoms with van der Waals surface area (Å²) in [4.78, 5) is 11.2. The normalized spacial score (nSPS) is 11.2. The average molecular weight is 264 g/mol. The van der Waals surface area contributed by atoms with Gasteiger partial charge in [-0.05, 0) is 35.4 Å². The van der Waals surface area contributed by atoms with E-state index in [0.29, 0.717) is 12.8 Å². The van der Waals surface area contributed by atoms with E-state index in [9.17, 15) is 4.79 Å². The zero-order chi connectivity index (χ0) is 14.5. The lowest BCUT2D eigenvalue weighted by atomic mass is 9.81. The zero-order valence-electron chi connectivity index (χ0n) is 12.6. The van der Waals surface area contributed by atoms with E-state index in [2.05, 4.69) is 43.7 Å². The summed E-state index contributed by atoms with van der Waals surface area (Å²) in [5.41, 5.74) is 2.44. The first-order chi connectivity index (χ1) is 8.94. The summed E-state index contributed by atoms with van der Waals surface area (Å²) in [5, 5.41) is 0. The molecular weight excluding hydrogens is 240 g/mol. The van der Waals surface area contributed by atoms with Crippen LogP contribution in [0.15, 0.2) is 18.2 Å². The van der Waals surface area contributed by atoms with Gasteiger partial charge in [0.15, 0.2) is 0 Å². The fourth-order valence-corrected chi connectivity index (χ4v) is 1.91. The molecule has 0 aliphatic heterocycles. The van der Waals surface area contributed by atoms with Crippen LogP contribution in [-0.2, 0) is 21.4 Å². The lowest BCUT2D eigenvalue weighted by Gasteiger charge is -2.24. The Morgan fingerprint density at radius 3 is 2.47 bits per heavy atom. The van der Waals surface area contributed by atoms with Gasteiger partial charge in [-0.2, -0.15) is 0 Å². The van der Waals surface area contributed by atoms with Crippen LogP contribution in [0.2, 0.25) is 0 Å². The first-order valence-electron chi connectivity index (χ1n) is 6.68. The number of carbonyl (C=O) groups excluding carboxylic acids is 1. The van der Waals surface area contributed by atoms with Crippen LogP contribution in [0.4, 0.5) is 0 Å². The van der Waals surface area contributed by atoms with E-state index < -0.39 is 0 Å². The van der Waals surface area contributed by atoms with Gasteiger partial charge in [-0.1, -0.05) is 32.9 Å². The fourth-order valence-electron chi connectivity index (χ4n) is 1.91. The molecule has 1 aromatic rings. The number of hydrogen-bond donors (Lipinski definition) is 0. The maximum atomic E-state index is 11.2. The molecule has 1 aromatic carbocycles. The molecule has 0 aliphatic carbocycles. The van der Waals surface area contributed by atoms with Crippen LogP contribution in [0.5, 0.6) is 5.75 Å². The summed E-state index contributed by atoms with van der Waals surface area (Å²) in [6, 6.07) is 6.25. The van der Waals surface area contributed by atoms with Gasteiger partial charge >= 0.3 is 5.97 Å². The lowest BCUT2D eigenvalue weighted by Crippen LogP contribution is -2.15. The number of methoxy groups -OCH3 is 2. The standard InChI is InChI=1S/C16H24O3/c1-6-16(2,3)13-9-7-12(14(11-13)18-4)8-10-15(17)19-5/h7,9,11H,6,8,10H2,1-5H3. The summed E-state index contributed by atoms with van der Waals surface area (Å²) >= 11 is 0. The largest absolute Gasteiger partial charge is 0.496 e. The van der Waals surface area contributed by atoms with Crippen LogP contribution >= 0.6 is 0 Å². The van der Waals surface area contributed by atoms with Crippen molar-refractivity contribution in [2.24, 2.45) is 0 Å². The summed E-state index contributed by atoms with van der Waals surface area (Å²) in [6.45, 7) is 6.61. The molecule has 0 spiro atoms. The number of hydrogen-bond acceptors (Lipinski definition) is 3. The first kappa shape index (κ1) is 15.5. The van der Waals surface area contributed by atoms with Crippen molar-refractivity contribution in [2.75, 3.05) is 14.2 Å². The van der Waals surface area contributed by atoms with Crippen LogP contribution < -0.4 is 4.74 Å². The monoisotopic (exact) mass is 264 g/mol. The molecule has 0 atom stereocenters. The summed E-state index contributed by atoms with van der Waals surface area (Å²) < 4.78 is 10.1. The Labute approximate surface area is 115 Å². The topological polar surface area (TPSA) is 35.5 Å². The summed E-state index contributed by atoms with van der Waals surface area (Å²) in [5.74, 6) is 0.656. The molecule has 0 unspecified atom stereocenters. The highest BCUT2D eigenvalue weighted by Gasteiger charge is 2.19. The Morgan fingerprint density at radius 2 is 1.95 bits per heavy atom. The quantitative estimate of drug-likeness (QED) is 0.738. The highest BCUT2D eigenvalue weighted by atomic mass is 16.5. The molecule has 0 saturated heterocycles. The maximum absolute atomic E-state index is 11.2. The van der Waals surface area contributed by atoms with Crippen molar-refractivity contribution < 1.29 is 14.3 Å². The second-order valence-electron chi connectivity index (χ2n) is 5.34. The molecule has 0 aromatic heterocycles. The molecule has 0 amide bonds. The summed E-state index contributed by atoms with van der Waals surface area (Å²) in [6.07, 6.45) is 2.09. The Kier molecular flexibility index (Phi) is 5.40. The SMILES string of the molecule is CCC(C)(C)c1ccc(CCC(=O)OC)c(OC)c1. The van der Waals surface area contributed by atoms with Crippen LogP contribution in [0.25, 0.3) is 0 Å². The Morgan fingerprint density at radius 1 is 1.26 bits per heavy atom. The molecule has 19 heavy (non-hydrogen) atoms. The molecule has 0 heterocycles. The van der Waals surface area contributed by atoms with Gasteiger partial charge < -0.3 is 9.47 Å². The van der Waals surface area contributed by atoms with Crippen LogP contribution in [0.3, 0.4) is 0 Å². The average Bonchev–Trinajstić information content (AvgIpc) is 2.44. The van der Waals surface area contributed by atoms with Gasteiger partial charge in [-0.25, -0.2) is 0 Å². The second kappa shape index (κ2) is 6.60. The Balaban J connectivity index is 2.94. The third kappa shape index (κ3) is 3.98. The predicted octanol–water partition coefficient (Wildman–Crippen LogP) is 3.49. The van der Waals surface area contributed by atoms with Gasteiger partial charge in [0.25, 0.3) is 0 Å². The fraction of sp³-hybridized carbons (Fsp3) is 0.562. The molecule has 0 fully saturated rings. The van der Waals surface area contributed by atoms with Crippen LogP contribution in [0.1, 0.15) is 44.7 Å². The summed E-state index contributed by atoms with van der Waals surface area (Å²) in [7, 11) is 3.08. The van der Waals surface area contributed by atoms with Gasteiger partial charge in [0.2, 0.25) is 0 Å². The molecule has 1 rings (SSSR count). The van der Waals surface area contributed by atoms with Crippen LogP contribution in [-0.4, -0.2) is 20.2 Å². The van der Waals surface area contributed by atoms with E-state index in [4.69, 9.17) is 4.74 Å². The third-order valence-corrected chi connectivity index (χ3v) is 3.78. The van der Waals surface area contributed by atoms with Gasteiger partial charge in [0.1, 0.15) is 5.75 Å². The van der Waals surface area contributed by atoms with Crippen molar-refractivity contribution in [1.29, 1.82) is 0 Å². The van der Waals surface area contributed by atoms with Crippen molar-refractivity contribution >= 4 is 5.97 Å². The smallest absolute Gasteiger partial charge is 0.305 e. The number of carbonyl (C=O) groups is 1. The third-order valence-electron chi connectivity index (χ3n) is 3.78. The molecular formula is C16H24O3. The number of esters is 1. The molecule has 0 aliphatic rings. The number of rotatable bonds is 6. The minimum atomic E-state index is -0.194. The van der Waals surface area contributed by atoms with Crippen molar-refractivity contribution in [2.45, 2.75) is 45.4 Å². The van der Waals surface area contributed by atoms with Crippen molar-refractivity contribution in [3.63, 3.8) is 0 Å². The molecule has 0 saturated carbocycles. The van der Waals surface area contributed by atoms with Gasteiger partial charge in [0, 0.05) is 6.42 Å². The number of ether oxygens (including phenoxy) is 2. The Hall–Kier alpha value is -1.51. The van der Waals surface area contributed by atoms with Crippen molar-refractivity contribution in [3.05, 3.63) is 29.3 Å². The minimum Gasteiger partial charge on any atom is -0.496 e. The Bertz CT molecular complexity index is 436. The van der Waals surface area contributed by atoms with Crippen molar-refractivity contribution in [3.8, 4) is 5.75 Å². The number of benzene rings is 1. The van der Waals surface area contributed by atoms with E-state index in [-0.39, 0.29) is 11.4 Å². The van der Waals surface area contributed by atoms with E-state index in [0.717, 1.165) is 17.7 Å². The lowest BCUT2D eigenvalue weighted by molar-refractivity contribution is -0.140. The maximum Gasteiger partial charge on any atom is 0.305 e. The van der Waals surface area contributed by atoms with E-state index >= 15 is 0 Å².